The first kappa shape index (κ1) is 15.2. The van der Waals surface area contributed by atoms with Crippen LogP contribution in [0.15, 0.2) is 55.9 Å². The molecular formula is C15H14Br3N. The largest absolute Gasteiger partial charge is 0.306 e. The van der Waals surface area contributed by atoms with Gasteiger partial charge < -0.3 is 5.32 Å². The normalized spacial score (nSPS) is 12.4. The number of hydrogen-bond donors (Lipinski definition) is 1. The second-order valence-electron chi connectivity index (χ2n) is 4.37. The lowest BCUT2D eigenvalue weighted by molar-refractivity contribution is 0.572. The fourth-order valence-electron chi connectivity index (χ4n) is 1.86. The van der Waals surface area contributed by atoms with E-state index in [4.69, 9.17) is 0 Å². The lowest BCUT2D eigenvalue weighted by Gasteiger charge is -2.16. The third-order valence-corrected chi connectivity index (χ3v) is 5.57. The molecule has 4 heteroatoms. The van der Waals surface area contributed by atoms with Gasteiger partial charge in [-0.1, -0.05) is 40.2 Å². The van der Waals surface area contributed by atoms with Gasteiger partial charge in [-0.05, 0) is 68.1 Å². The first-order valence-electron chi connectivity index (χ1n) is 5.99. The predicted octanol–water partition coefficient (Wildman–Crippen LogP) is 5.82. The monoisotopic (exact) mass is 445 g/mol. The molecule has 0 amide bonds. The molecule has 2 aromatic carbocycles. The van der Waals surface area contributed by atoms with Crippen LogP contribution in [0.4, 0.5) is 0 Å². The van der Waals surface area contributed by atoms with Crippen molar-refractivity contribution < 1.29 is 0 Å². The molecule has 0 fully saturated rings. The number of halogens is 3. The van der Waals surface area contributed by atoms with Crippen molar-refractivity contribution in [2.75, 3.05) is 0 Å². The van der Waals surface area contributed by atoms with Crippen molar-refractivity contribution in [3.8, 4) is 0 Å². The van der Waals surface area contributed by atoms with Gasteiger partial charge in [0, 0.05) is 26.0 Å². The minimum Gasteiger partial charge on any atom is -0.306 e. The molecule has 19 heavy (non-hydrogen) atoms. The Morgan fingerprint density at radius 3 is 2.37 bits per heavy atom. The van der Waals surface area contributed by atoms with E-state index in [0.717, 1.165) is 20.0 Å². The molecule has 0 saturated carbocycles. The lowest BCUT2D eigenvalue weighted by atomic mass is 10.1. The third kappa shape index (κ3) is 4.15. The van der Waals surface area contributed by atoms with Crippen molar-refractivity contribution in [1.29, 1.82) is 0 Å². The van der Waals surface area contributed by atoms with E-state index in [1.165, 1.54) is 11.1 Å². The SMILES string of the molecule is CC(NCc1ccc(Br)c(Br)c1)c1ccccc1Br. The van der Waals surface area contributed by atoms with E-state index in [2.05, 4.69) is 96.4 Å². The maximum Gasteiger partial charge on any atom is 0.0320 e. The summed E-state index contributed by atoms with van der Waals surface area (Å²) in [6.07, 6.45) is 0. The molecule has 0 saturated heterocycles. The maximum atomic E-state index is 3.59. The fourth-order valence-corrected chi connectivity index (χ4v) is 3.16. The molecule has 0 radical (unpaired) electrons. The van der Waals surface area contributed by atoms with Crippen molar-refractivity contribution in [2.24, 2.45) is 0 Å². The molecule has 0 aliphatic rings. The number of nitrogens with one attached hydrogen (secondary N) is 1. The highest BCUT2D eigenvalue weighted by atomic mass is 79.9. The average molecular weight is 448 g/mol. The summed E-state index contributed by atoms with van der Waals surface area (Å²) < 4.78 is 3.31. The van der Waals surface area contributed by atoms with Crippen molar-refractivity contribution in [3.63, 3.8) is 0 Å². The fraction of sp³-hybridized carbons (Fsp3) is 0.200. The summed E-state index contributed by atoms with van der Waals surface area (Å²) in [6, 6.07) is 14.9. The maximum absolute atomic E-state index is 3.59. The van der Waals surface area contributed by atoms with Crippen LogP contribution < -0.4 is 5.32 Å². The van der Waals surface area contributed by atoms with Crippen LogP contribution in [0.5, 0.6) is 0 Å². The standard InChI is InChI=1S/C15H14Br3N/c1-10(12-4-2-3-5-13(12)16)19-9-11-6-7-14(17)15(18)8-11/h2-8,10,19H,9H2,1H3. The van der Waals surface area contributed by atoms with Crippen molar-refractivity contribution in [2.45, 2.75) is 19.5 Å². The Labute approximate surface area is 139 Å². The first-order valence-corrected chi connectivity index (χ1v) is 8.37. The van der Waals surface area contributed by atoms with Gasteiger partial charge in [0.05, 0.1) is 0 Å². The van der Waals surface area contributed by atoms with Crippen LogP contribution in [0.3, 0.4) is 0 Å². The highest BCUT2D eigenvalue weighted by Crippen LogP contribution is 2.25. The smallest absolute Gasteiger partial charge is 0.0320 e. The van der Waals surface area contributed by atoms with Crippen LogP contribution in [0.2, 0.25) is 0 Å². The Morgan fingerprint density at radius 2 is 1.68 bits per heavy atom. The van der Waals surface area contributed by atoms with Gasteiger partial charge in [0.15, 0.2) is 0 Å². The van der Waals surface area contributed by atoms with E-state index in [9.17, 15) is 0 Å². The summed E-state index contributed by atoms with van der Waals surface area (Å²) in [6.45, 7) is 3.02. The van der Waals surface area contributed by atoms with Gasteiger partial charge in [-0.3, -0.25) is 0 Å². The van der Waals surface area contributed by atoms with Crippen molar-refractivity contribution in [3.05, 3.63) is 67.0 Å². The molecule has 0 spiro atoms. The molecule has 0 heterocycles. The summed E-state index contributed by atoms with van der Waals surface area (Å²) in [4.78, 5) is 0. The zero-order valence-corrected chi connectivity index (χ0v) is 15.2. The molecule has 1 N–H and O–H groups in total. The first-order chi connectivity index (χ1) is 9.08. The highest BCUT2D eigenvalue weighted by Gasteiger charge is 2.08. The van der Waals surface area contributed by atoms with Crippen molar-refractivity contribution >= 4 is 47.8 Å². The Kier molecular flexibility index (Phi) is 5.63. The molecule has 100 valence electrons. The molecule has 0 bridgehead atoms. The van der Waals surface area contributed by atoms with Gasteiger partial charge in [0.25, 0.3) is 0 Å². The van der Waals surface area contributed by atoms with Gasteiger partial charge in [0.1, 0.15) is 0 Å². The van der Waals surface area contributed by atoms with Crippen LogP contribution in [0, 0.1) is 0 Å². The molecule has 0 aromatic heterocycles. The Hall–Kier alpha value is -0.160. The van der Waals surface area contributed by atoms with Gasteiger partial charge >= 0.3 is 0 Å². The number of benzene rings is 2. The minimum atomic E-state index is 0.304. The summed E-state index contributed by atoms with van der Waals surface area (Å²) in [5.74, 6) is 0. The second-order valence-corrected chi connectivity index (χ2v) is 6.94. The lowest BCUT2D eigenvalue weighted by Crippen LogP contribution is -2.18. The molecule has 1 nitrogen and oxygen atoms in total. The zero-order chi connectivity index (χ0) is 13.8. The molecular weight excluding hydrogens is 434 g/mol. The minimum absolute atomic E-state index is 0.304. The van der Waals surface area contributed by atoms with E-state index >= 15 is 0 Å². The van der Waals surface area contributed by atoms with Crippen LogP contribution in [0.1, 0.15) is 24.1 Å². The molecule has 2 rings (SSSR count). The summed E-state index contributed by atoms with van der Waals surface area (Å²) >= 11 is 10.6. The summed E-state index contributed by atoms with van der Waals surface area (Å²) in [5, 5.41) is 3.54. The zero-order valence-electron chi connectivity index (χ0n) is 10.5. The van der Waals surface area contributed by atoms with Gasteiger partial charge in [-0.15, -0.1) is 0 Å². The van der Waals surface area contributed by atoms with Crippen molar-refractivity contribution in [1.82, 2.24) is 5.32 Å². The quantitative estimate of drug-likeness (QED) is 0.622. The average Bonchev–Trinajstić information content (AvgIpc) is 2.40. The molecule has 1 unspecified atom stereocenters. The Balaban J connectivity index is 2.02. The van der Waals surface area contributed by atoms with E-state index in [1.54, 1.807) is 0 Å². The number of hydrogen-bond acceptors (Lipinski definition) is 1. The summed E-state index contributed by atoms with van der Waals surface area (Å²) in [7, 11) is 0. The van der Waals surface area contributed by atoms with E-state index in [1.807, 2.05) is 6.07 Å². The Morgan fingerprint density at radius 1 is 0.947 bits per heavy atom. The third-order valence-electron chi connectivity index (χ3n) is 2.97. The van der Waals surface area contributed by atoms with Gasteiger partial charge in [-0.2, -0.15) is 0 Å². The predicted molar refractivity (Wildman–Crippen MR) is 91.2 cm³/mol. The van der Waals surface area contributed by atoms with Gasteiger partial charge in [-0.25, -0.2) is 0 Å². The number of rotatable bonds is 4. The summed E-state index contributed by atoms with van der Waals surface area (Å²) in [5.41, 5.74) is 2.53. The van der Waals surface area contributed by atoms with E-state index < -0.39 is 0 Å². The molecule has 0 aliphatic carbocycles. The van der Waals surface area contributed by atoms with Crippen LogP contribution in [-0.2, 0) is 6.54 Å². The molecule has 1 atom stereocenters. The molecule has 0 aliphatic heterocycles. The topological polar surface area (TPSA) is 12.0 Å². The van der Waals surface area contributed by atoms with Crippen LogP contribution in [-0.4, -0.2) is 0 Å². The van der Waals surface area contributed by atoms with Crippen LogP contribution in [0.25, 0.3) is 0 Å². The second kappa shape index (κ2) is 7.02. The molecule has 2 aromatic rings. The Bertz CT molecular complexity index is 569. The van der Waals surface area contributed by atoms with E-state index in [0.29, 0.717) is 6.04 Å². The highest BCUT2D eigenvalue weighted by molar-refractivity contribution is 9.13. The van der Waals surface area contributed by atoms with Gasteiger partial charge in [0.2, 0.25) is 0 Å². The van der Waals surface area contributed by atoms with E-state index in [-0.39, 0.29) is 0 Å². The van der Waals surface area contributed by atoms with Crippen LogP contribution >= 0.6 is 47.8 Å².